The molecule has 0 spiro atoms. The van der Waals surface area contributed by atoms with E-state index in [1.165, 1.54) is 0 Å². The minimum atomic E-state index is 0.325. The van der Waals surface area contributed by atoms with Gasteiger partial charge in [0.05, 0.1) is 6.61 Å². The molecule has 1 N–H and O–H groups in total. The second kappa shape index (κ2) is 5.52. The third-order valence-corrected chi connectivity index (χ3v) is 4.59. The Labute approximate surface area is 138 Å². The molecule has 5 rings (SSSR count). The van der Waals surface area contributed by atoms with Gasteiger partial charge in [-0.1, -0.05) is 29.4 Å². The van der Waals surface area contributed by atoms with Crippen LogP contribution in [0.5, 0.6) is 0 Å². The number of hydrogen-bond donors (Lipinski definition) is 1. The standard InChI is InChI=1S/C17H17N5O2/c1-3-11(16-19-17(24-22-16)12-5-6-12)4-2-10(1)14-18-15(21-20-14)13-7-8-23-9-13/h1-4,12-13H,5-9H2,(H,18,20,21)/t13-/m1/s1. The molecule has 7 nitrogen and oxygen atoms in total. The molecule has 0 bridgehead atoms. The number of rotatable bonds is 4. The quantitative estimate of drug-likeness (QED) is 0.794. The molecule has 1 aromatic carbocycles. The van der Waals surface area contributed by atoms with Gasteiger partial charge in [0.15, 0.2) is 5.82 Å². The van der Waals surface area contributed by atoms with Crippen LogP contribution in [0.3, 0.4) is 0 Å². The summed E-state index contributed by atoms with van der Waals surface area (Å²) >= 11 is 0. The number of aromatic amines is 1. The van der Waals surface area contributed by atoms with Crippen molar-refractivity contribution in [2.75, 3.05) is 13.2 Å². The molecular weight excluding hydrogens is 306 g/mol. The van der Waals surface area contributed by atoms with Crippen LogP contribution >= 0.6 is 0 Å². The minimum absolute atomic E-state index is 0.325. The van der Waals surface area contributed by atoms with Crippen molar-refractivity contribution < 1.29 is 9.26 Å². The zero-order valence-electron chi connectivity index (χ0n) is 13.1. The van der Waals surface area contributed by atoms with Crippen molar-refractivity contribution in [3.8, 4) is 22.8 Å². The summed E-state index contributed by atoms with van der Waals surface area (Å²) in [5.74, 6) is 3.80. The third kappa shape index (κ3) is 2.50. The number of H-pyrrole nitrogens is 1. The van der Waals surface area contributed by atoms with E-state index in [4.69, 9.17) is 9.26 Å². The lowest BCUT2D eigenvalue weighted by Gasteiger charge is -2.00. The van der Waals surface area contributed by atoms with Gasteiger partial charge in [-0.15, -0.1) is 0 Å². The predicted molar refractivity (Wildman–Crippen MR) is 85.3 cm³/mol. The first-order chi connectivity index (χ1) is 11.9. The highest BCUT2D eigenvalue weighted by molar-refractivity contribution is 5.62. The number of ether oxygens (including phenoxy) is 1. The van der Waals surface area contributed by atoms with Crippen LogP contribution in [0.1, 0.15) is 42.8 Å². The highest BCUT2D eigenvalue weighted by Crippen LogP contribution is 2.39. The molecule has 3 heterocycles. The number of aromatic nitrogens is 5. The van der Waals surface area contributed by atoms with Crippen LogP contribution < -0.4 is 0 Å². The summed E-state index contributed by atoms with van der Waals surface area (Å²) in [7, 11) is 0. The third-order valence-electron chi connectivity index (χ3n) is 4.59. The molecule has 2 aromatic heterocycles. The molecule has 1 aliphatic heterocycles. The molecule has 0 amide bonds. The fourth-order valence-corrected chi connectivity index (χ4v) is 2.95. The lowest BCUT2D eigenvalue weighted by Crippen LogP contribution is -1.99. The van der Waals surface area contributed by atoms with Crippen LogP contribution in [-0.2, 0) is 4.74 Å². The van der Waals surface area contributed by atoms with Crippen molar-refractivity contribution >= 4 is 0 Å². The maximum Gasteiger partial charge on any atom is 0.230 e. The fourth-order valence-electron chi connectivity index (χ4n) is 2.95. The molecular formula is C17H17N5O2. The van der Waals surface area contributed by atoms with Crippen LogP contribution in [0, 0.1) is 0 Å². The number of benzene rings is 1. The van der Waals surface area contributed by atoms with Gasteiger partial charge in [-0.05, 0) is 19.3 Å². The Balaban J connectivity index is 1.37. The van der Waals surface area contributed by atoms with E-state index >= 15 is 0 Å². The molecule has 2 aliphatic rings. The first-order valence-electron chi connectivity index (χ1n) is 8.31. The lowest BCUT2D eigenvalue weighted by atomic mass is 10.1. The summed E-state index contributed by atoms with van der Waals surface area (Å²) in [6.45, 7) is 1.51. The molecule has 1 saturated heterocycles. The van der Waals surface area contributed by atoms with Crippen molar-refractivity contribution in [2.24, 2.45) is 0 Å². The molecule has 2 fully saturated rings. The predicted octanol–water partition coefficient (Wildman–Crippen LogP) is 2.90. The summed E-state index contributed by atoms with van der Waals surface area (Å²) in [5.41, 5.74) is 1.90. The molecule has 0 unspecified atom stereocenters. The molecule has 1 atom stereocenters. The average Bonchev–Trinajstić information content (AvgIpc) is 3.07. The summed E-state index contributed by atoms with van der Waals surface area (Å²) in [6.07, 6.45) is 3.30. The summed E-state index contributed by atoms with van der Waals surface area (Å²) in [5, 5.41) is 11.4. The van der Waals surface area contributed by atoms with Gasteiger partial charge in [0.25, 0.3) is 0 Å². The van der Waals surface area contributed by atoms with Crippen molar-refractivity contribution in [3.63, 3.8) is 0 Å². The smallest absolute Gasteiger partial charge is 0.230 e. The van der Waals surface area contributed by atoms with Gasteiger partial charge in [-0.2, -0.15) is 10.1 Å². The summed E-state index contributed by atoms with van der Waals surface area (Å²) < 4.78 is 10.7. The largest absolute Gasteiger partial charge is 0.381 e. The van der Waals surface area contributed by atoms with E-state index in [2.05, 4.69) is 25.3 Å². The zero-order valence-corrected chi connectivity index (χ0v) is 13.1. The van der Waals surface area contributed by atoms with Crippen molar-refractivity contribution in [1.29, 1.82) is 0 Å². The Hall–Kier alpha value is -2.54. The Morgan fingerprint density at radius 3 is 2.42 bits per heavy atom. The molecule has 1 saturated carbocycles. The minimum Gasteiger partial charge on any atom is -0.381 e. The van der Waals surface area contributed by atoms with E-state index in [0.29, 0.717) is 30.1 Å². The Kier molecular flexibility index (Phi) is 3.19. The number of nitrogens with zero attached hydrogens (tertiary/aromatic N) is 4. The van der Waals surface area contributed by atoms with Gasteiger partial charge in [0, 0.05) is 29.6 Å². The van der Waals surface area contributed by atoms with E-state index in [9.17, 15) is 0 Å². The highest BCUT2D eigenvalue weighted by Gasteiger charge is 2.29. The van der Waals surface area contributed by atoms with Crippen molar-refractivity contribution in [3.05, 3.63) is 36.0 Å². The van der Waals surface area contributed by atoms with Crippen molar-refractivity contribution in [2.45, 2.75) is 31.1 Å². The second-order valence-corrected chi connectivity index (χ2v) is 6.41. The SMILES string of the molecule is c1cc(-c2noc(C3CC3)n2)ccc1-c1n[nH]c([C@@H]2CCOC2)n1. The maximum atomic E-state index is 5.40. The molecule has 0 radical (unpaired) electrons. The van der Waals surface area contributed by atoms with Gasteiger partial charge < -0.3 is 9.26 Å². The lowest BCUT2D eigenvalue weighted by molar-refractivity contribution is 0.193. The Morgan fingerprint density at radius 2 is 1.71 bits per heavy atom. The van der Waals surface area contributed by atoms with E-state index in [-0.39, 0.29) is 0 Å². The van der Waals surface area contributed by atoms with Gasteiger partial charge in [-0.3, -0.25) is 5.10 Å². The highest BCUT2D eigenvalue weighted by atomic mass is 16.5. The van der Waals surface area contributed by atoms with E-state index in [1.54, 1.807) is 0 Å². The monoisotopic (exact) mass is 323 g/mol. The number of nitrogens with one attached hydrogen (secondary N) is 1. The van der Waals surface area contributed by atoms with Crippen LogP contribution in [0.4, 0.5) is 0 Å². The first-order valence-corrected chi connectivity index (χ1v) is 8.31. The van der Waals surface area contributed by atoms with Gasteiger partial charge in [-0.25, -0.2) is 4.98 Å². The normalized spacial score (nSPS) is 20.6. The fraction of sp³-hybridized carbons (Fsp3) is 0.412. The summed E-state index contributed by atoms with van der Waals surface area (Å²) in [6, 6.07) is 7.93. The van der Waals surface area contributed by atoms with Crippen LogP contribution in [0.25, 0.3) is 22.8 Å². The zero-order chi connectivity index (χ0) is 15.9. The molecule has 1 aliphatic carbocycles. The average molecular weight is 323 g/mol. The molecule has 7 heteroatoms. The van der Waals surface area contributed by atoms with Crippen molar-refractivity contribution in [1.82, 2.24) is 25.3 Å². The van der Waals surface area contributed by atoms with Crippen LogP contribution in [-0.4, -0.2) is 38.5 Å². The van der Waals surface area contributed by atoms with E-state index in [1.807, 2.05) is 24.3 Å². The Morgan fingerprint density at radius 1 is 0.917 bits per heavy atom. The first kappa shape index (κ1) is 13.9. The number of hydrogen-bond acceptors (Lipinski definition) is 6. The van der Waals surface area contributed by atoms with Crippen LogP contribution in [0.15, 0.2) is 28.8 Å². The molecule has 122 valence electrons. The van der Waals surface area contributed by atoms with E-state index in [0.717, 1.165) is 48.7 Å². The topological polar surface area (TPSA) is 89.7 Å². The Bertz CT molecular complexity index is 844. The van der Waals surface area contributed by atoms with E-state index < -0.39 is 0 Å². The summed E-state index contributed by atoms with van der Waals surface area (Å²) in [4.78, 5) is 9.08. The van der Waals surface area contributed by atoms with Crippen LogP contribution in [0.2, 0.25) is 0 Å². The van der Waals surface area contributed by atoms with Gasteiger partial charge >= 0.3 is 0 Å². The van der Waals surface area contributed by atoms with Gasteiger partial charge in [0.2, 0.25) is 11.7 Å². The molecule has 3 aromatic rings. The second-order valence-electron chi connectivity index (χ2n) is 6.41. The molecule has 24 heavy (non-hydrogen) atoms. The maximum absolute atomic E-state index is 5.40. The van der Waals surface area contributed by atoms with Gasteiger partial charge in [0.1, 0.15) is 5.82 Å².